The zero-order chi connectivity index (χ0) is 15.3. The summed E-state index contributed by atoms with van der Waals surface area (Å²) in [4.78, 5) is 26.4. The van der Waals surface area contributed by atoms with Crippen LogP contribution in [0.3, 0.4) is 0 Å². The highest BCUT2D eigenvalue weighted by atomic mass is 16.4. The topological polar surface area (TPSA) is 104 Å². The maximum atomic E-state index is 11.8. The Bertz CT molecular complexity index is 627. The van der Waals surface area contributed by atoms with Crippen LogP contribution in [0.5, 0.6) is 0 Å². The van der Waals surface area contributed by atoms with Crippen molar-refractivity contribution in [1.82, 2.24) is 4.98 Å². The van der Waals surface area contributed by atoms with E-state index in [1.54, 1.807) is 0 Å². The van der Waals surface area contributed by atoms with Crippen LogP contribution < -0.4 is 5.32 Å². The molecule has 1 aliphatic heterocycles. The Hall–Kier alpha value is -2.75. The molecule has 1 aromatic heterocycles. The summed E-state index contributed by atoms with van der Waals surface area (Å²) in [6, 6.07) is 1.35. The largest absolute Gasteiger partial charge is 0.478 e. The fourth-order valence-electron chi connectivity index (χ4n) is 1.83. The predicted octanol–water partition coefficient (Wildman–Crippen LogP) is 2.07. The second-order valence-electron chi connectivity index (χ2n) is 4.70. The van der Waals surface area contributed by atoms with Gasteiger partial charge in [-0.05, 0) is 6.07 Å². The van der Waals surface area contributed by atoms with E-state index in [2.05, 4.69) is 26.4 Å². The second kappa shape index (κ2) is 6.13. The van der Waals surface area contributed by atoms with Crippen molar-refractivity contribution < 1.29 is 14.7 Å². The van der Waals surface area contributed by atoms with Gasteiger partial charge in [-0.25, -0.2) is 4.79 Å². The van der Waals surface area contributed by atoms with Crippen LogP contribution in [-0.2, 0) is 4.79 Å². The number of aromatic carboxylic acids is 1. The van der Waals surface area contributed by atoms with Gasteiger partial charge >= 0.3 is 5.97 Å². The molecule has 0 radical (unpaired) electrons. The SMILES string of the molecule is C#CCCC1(CCC(=O)Nc2cncc(C(=O)O)c2)N=N1. The van der Waals surface area contributed by atoms with Crippen LogP contribution in [0, 0.1) is 12.3 Å². The number of aromatic nitrogens is 1. The Kier molecular flexibility index (Phi) is 4.28. The van der Waals surface area contributed by atoms with E-state index in [0.717, 1.165) is 0 Å². The van der Waals surface area contributed by atoms with Crippen molar-refractivity contribution in [3.63, 3.8) is 0 Å². The molecule has 0 aromatic carbocycles. The first-order chi connectivity index (χ1) is 10.0. The van der Waals surface area contributed by atoms with Crippen molar-refractivity contribution >= 4 is 17.6 Å². The van der Waals surface area contributed by atoms with E-state index in [9.17, 15) is 9.59 Å². The predicted molar refractivity (Wildman–Crippen MR) is 74.7 cm³/mol. The van der Waals surface area contributed by atoms with Crippen LogP contribution in [0.4, 0.5) is 5.69 Å². The molecule has 21 heavy (non-hydrogen) atoms. The quantitative estimate of drug-likeness (QED) is 0.748. The first-order valence-corrected chi connectivity index (χ1v) is 6.40. The van der Waals surface area contributed by atoms with Gasteiger partial charge in [0.25, 0.3) is 0 Å². The summed E-state index contributed by atoms with van der Waals surface area (Å²) < 4.78 is 0. The molecular formula is C14H14N4O3. The lowest BCUT2D eigenvalue weighted by Gasteiger charge is -2.09. The average molecular weight is 286 g/mol. The Morgan fingerprint density at radius 2 is 2.10 bits per heavy atom. The van der Waals surface area contributed by atoms with Crippen molar-refractivity contribution in [2.45, 2.75) is 31.3 Å². The summed E-state index contributed by atoms with van der Waals surface area (Å²) in [6.07, 6.45) is 9.74. The highest BCUT2D eigenvalue weighted by Gasteiger charge is 2.39. The van der Waals surface area contributed by atoms with Crippen LogP contribution in [-0.4, -0.2) is 27.6 Å². The fraction of sp³-hybridized carbons (Fsp3) is 0.357. The van der Waals surface area contributed by atoms with E-state index in [0.29, 0.717) is 24.9 Å². The Morgan fingerprint density at radius 3 is 2.71 bits per heavy atom. The number of nitrogens with zero attached hydrogens (tertiary/aromatic N) is 3. The van der Waals surface area contributed by atoms with E-state index in [-0.39, 0.29) is 17.9 Å². The average Bonchev–Trinajstić information content (AvgIpc) is 3.24. The molecular weight excluding hydrogens is 272 g/mol. The summed E-state index contributed by atoms with van der Waals surface area (Å²) in [5.41, 5.74) is -0.127. The number of hydrogen-bond acceptors (Lipinski definition) is 5. The van der Waals surface area contributed by atoms with Crippen LogP contribution in [0.15, 0.2) is 28.7 Å². The normalized spacial score (nSPS) is 14.2. The van der Waals surface area contributed by atoms with E-state index in [1.165, 1.54) is 18.5 Å². The molecule has 0 spiro atoms. The van der Waals surface area contributed by atoms with Crippen molar-refractivity contribution in [2.75, 3.05) is 5.32 Å². The lowest BCUT2D eigenvalue weighted by molar-refractivity contribution is -0.116. The summed E-state index contributed by atoms with van der Waals surface area (Å²) in [5, 5.41) is 19.3. The molecule has 7 heteroatoms. The fourth-order valence-corrected chi connectivity index (χ4v) is 1.83. The summed E-state index contributed by atoms with van der Waals surface area (Å²) in [6.45, 7) is 0. The number of amides is 1. The van der Waals surface area contributed by atoms with Crippen LogP contribution >= 0.6 is 0 Å². The monoisotopic (exact) mass is 286 g/mol. The van der Waals surface area contributed by atoms with Crippen molar-refractivity contribution in [3.05, 3.63) is 24.0 Å². The van der Waals surface area contributed by atoms with E-state index in [4.69, 9.17) is 11.5 Å². The number of carboxylic acid groups (broad SMARTS) is 1. The molecule has 2 heterocycles. The summed E-state index contributed by atoms with van der Waals surface area (Å²) >= 11 is 0. The molecule has 2 N–H and O–H groups in total. The van der Waals surface area contributed by atoms with Gasteiger partial charge in [0, 0.05) is 31.9 Å². The highest BCUT2D eigenvalue weighted by molar-refractivity contribution is 5.93. The number of nitrogens with one attached hydrogen (secondary N) is 1. The van der Waals surface area contributed by atoms with Gasteiger partial charge in [-0.1, -0.05) is 0 Å². The van der Waals surface area contributed by atoms with Gasteiger partial charge in [0.2, 0.25) is 5.91 Å². The Morgan fingerprint density at radius 1 is 1.33 bits per heavy atom. The van der Waals surface area contributed by atoms with Gasteiger partial charge in [0.1, 0.15) is 0 Å². The molecule has 0 saturated heterocycles. The lowest BCUT2D eigenvalue weighted by Crippen LogP contribution is -2.18. The molecule has 0 fully saturated rings. The minimum atomic E-state index is -1.09. The number of terminal acetylenes is 1. The Labute approximate surface area is 121 Å². The molecule has 0 aliphatic carbocycles. The van der Waals surface area contributed by atoms with E-state index >= 15 is 0 Å². The molecule has 1 amide bonds. The van der Waals surface area contributed by atoms with Crippen LogP contribution in [0.2, 0.25) is 0 Å². The van der Waals surface area contributed by atoms with Gasteiger partial charge in [0.15, 0.2) is 5.66 Å². The number of pyridine rings is 1. The minimum absolute atomic E-state index is 0.0190. The van der Waals surface area contributed by atoms with Gasteiger partial charge in [-0.15, -0.1) is 12.3 Å². The third-order valence-corrected chi connectivity index (χ3v) is 3.07. The third-order valence-electron chi connectivity index (χ3n) is 3.07. The van der Waals surface area contributed by atoms with Crippen molar-refractivity contribution in [2.24, 2.45) is 10.2 Å². The van der Waals surface area contributed by atoms with E-state index < -0.39 is 11.6 Å². The third kappa shape index (κ3) is 4.11. The molecule has 2 rings (SSSR count). The maximum absolute atomic E-state index is 11.8. The Balaban J connectivity index is 1.84. The number of hydrogen-bond donors (Lipinski definition) is 2. The van der Waals surface area contributed by atoms with Gasteiger partial charge in [-0.2, -0.15) is 10.2 Å². The number of carboxylic acids is 1. The first-order valence-electron chi connectivity index (χ1n) is 6.40. The zero-order valence-electron chi connectivity index (χ0n) is 11.2. The maximum Gasteiger partial charge on any atom is 0.337 e. The van der Waals surface area contributed by atoms with Crippen molar-refractivity contribution in [3.8, 4) is 12.3 Å². The van der Waals surface area contributed by atoms with Gasteiger partial charge in [0.05, 0.1) is 17.4 Å². The molecule has 0 saturated carbocycles. The number of carbonyl (C=O) groups excluding carboxylic acids is 1. The van der Waals surface area contributed by atoms with Crippen LogP contribution in [0.1, 0.15) is 36.0 Å². The molecule has 0 unspecified atom stereocenters. The zero-order valence-corrected chi connectivity index (χ0v) is 11.2. The second-order valence-corrected chi connectivity index (χ2v) is 4.70. The van der Waals surface area contributed by atoms with Crippen molar-refractivity contribution in [1.29, 1.82) is 0 Å². The summed E-state index contributed by atoms with van der Waals surface area (Å²) in [5.74, 6) is 1.19. The lowest BCUT2D eigenvalue weighted by atomic mass is 10.0. The highest BCUT2D eigenvalue weighted by Crippen LogP contribution is 2.37. The number of anilines is 1. The first kappa shape index (κ1) is 14.7. The van der Waals surface area contributed by atoms with Gasteiger partial charge < -0.3 is 10.4 Å². The van der Waals surface area contributed by atoms with Crippen LogP contribution in [0.25, 0.3) is 0 Å². The standard InChI is InChI=1S/C14H14N4O3/c1-2-3-5-14(17-18-14)6-4-12(19)16-11-7-10(13(20)21)8-15-9-11/h1,7-9H,3-6H2,(H,16,19)(H,20,21). The molecule has 1 aliphatic rings. The number of carbonyl (C=O) groups is 2. The van der Waals surface area contributed by atoms with Gasteiger partial charge in [-0.3, -0.25) is 9.78 Å². The molecule has 108 valence electrons. The molecule has 0 atom stereocenters. The molecule has 7 nitrogen and oxygen atoms in total. The number of rotatable bonds is 7. The van der Waals surface area contributed by atoms with E-state index in [1.807, 2.05) is 0 Å². The molecule has 1 aromatic rings. The minimum Gasteiger partial charge on any atom is -0.478 e. The smallest absolute Gasteiger partial charge is 0.337 e. The molecule has 0 bridgehead atoms. The summed E-state index contributed by atoms with van der Waals surface area (Å²) in [7, 11) is 0.